The minimum atomic E-state index is -3.55. The molecule has 2 heterocycles. The van der Waals surface area contributed by atoms with Gasteiger partial charge < -0.3 is 9.64 Å². The number of rotatable bonds is 8. The number of ether oxygens (including phenoxy) is 1. The average molecular weight is 480 g/mol. The number of nitrogens with zero attached hydrogens (tertiary/aromatic N) is 3. The fourth-order valence-electron chi connectivity index (χ4n) is 4.65. The predicted molar refractivity (Wildman–Crippen MR) is 126 cm³/mol. The molecule has 8 nitrogen and oxygen atoms in total. The van der Waals surface area contributed by atoms with Crippen molar-refractivity contribution in [3.63, 3.8) is 0 Å². The van der Waals surface area contributed by atoms with Crippen molar-refractivity contribution in [1.82, 2.24) is 14.1 Å². The molecule has 2 aliphatic rings. The first kappa shape index (κ1) is 25.6. The number of sulfonamides is 1. The van der Waals surface area contributed by atoms with Gasteiger partial charge >= 0.3 is 5.97 Å². The van der Waals surface area contributed by atoms with E-state index >= 15 is 0 Å². The van der Waals surface area contributed by atoms with Crippen molar-refractivity contribution >= 4 is 21.9 Å². The zero-order valence-electron chi connectivity index (χ0n) is 20.0. The molecule has 3 rings (SSSR count). The lowest BCUT2D eigenvalue weighted by atomic mass is 9.97. The van der Waals surface area contributed by atoms with Crippen LogP contribution in [-0.2, 0) is 30.8 Å². The molecule has 0 N–H and O–H groups in total. The number of piperidine rings is 1. The van der Waals surface area contributed by atoms with Crippen LogP contribution in [0, 0.1) is 5.92 Å². The molecule has 9 heteroatoms. The first-order valence-electron chi connectivity index (χ1n) is 12.1. The maximum absolute atomic E-state index is 13.1. The average Bonchev–Trinajstić information content (AvgIpc) is 2.84. The van der Waals surface area contributed by atoms with Crippen LogP contribution in [0.2, 0.25) is 0 Å². The highest BCUT2D eigenvalue weighted by molar-refractivity contribution is 7.89. The van der Waals surface area contributed by atoms with E-state index < -0.39 is 10.0 Å². The summed E-state index contributed by atoms with van der Waals surface area (Å²) in [4.78, 5) is 29.3. The molecule has 33 heavy (non-hydrogen) atoms. The summed E-state index contributed by atoms with van der Waals surface area (Å²) in [5.41, 5.74) is 1.14. The number of amides is 1. The fraction of sp³-hybridized carbons (Fsp3) is 0.667. The van der Waals surface area contributed by atoms with Crippen LogP contribution in [-0.4, -0.2) is 86.3 Å². The summed E-state index contributed by atoms with van der Waals surface area (Å²) in [6, 6.07) is 6.79. The number of hydrogen-bond donors (Lipinski definition) is 0. The monoisotopic (exact) mass is 479 g/mol. The zero-order valence-corrected chi connectivity index (χ0v) is 20.8. The predicted octanol–water partition coefficient (Wildman–Crippen LogP) is 2.14. The Morgan fingerprint density at radius 1 is 1.06 bits per heavy atom. The number of hydrogen-bond acceptors (Lipinski definition) is 6. The number of carbonyl (C=O) groups is 2. The van der Waals surface area contributed by atoms with E-state index in [9.17, 15) is 18.0 Å². The van der Waals surface area contributed by atoms with E-state index in [0.29, 0.717) is 50.8 Å². The summed E-state index contributed by atoms with van der Waals surface area (Å²) in [5.74, 6) is -0.503. The Morgan fingerprint density at radius 3 is 2.33 bits per heavy atom. The van der Waals surface area contributed by atoms with Gasteiger partial charge in [-0.05, 0) is 50.8 Å². The van der Waals surface area contributed by atoms with Gasteiger partial charge in [-0.25, -0.2) is 8.42 Å². The van der Waals surface area contributed by atoms with Crippen molar-refractivity contribution in [2.45, 2.75) is 57.4 Å². The number of benzene rings is 1. The Labute approximate surface area is 197 Å². The number of aryl methyl sites for hydroxylation is 1. The van der Waals surface area contributed by atoms with Crippen molar-refractivity contribution in [2.75, 3.05) is 45.9 Å². The molecular formula is C24H37N3O5S. The molecule has 0 bridgehead atoms. The summed E-state index contributed by atoms with van der Waals surface area (Å²) < 4.78 is 32.8. The Bertz CT molecular complexity index is 911. The lowest BCUT2D eigenvalue weighted by molar-refractivity contribution is -0.152. The number of esters is 1. The number of likely N-dealkylation sites (tertiary alicyclic amines) is 1. The molecule has 1 amide bonds. The minimum Gasteiger partial charge on any atom is -0.466 e. The lowest BCUT2D eigenvalue weighted by Gasteiger charge is -2.40. The first-order valence-corrected chi connectivity index (χ1v) is 13.5. The number of piperazine rings is 1. The van der Waals surface area contributed by atoms with Crippen molar-refractivity contribution in [3.05, 3.63) is 29.8 Å². The molecule has 0 radical (unpaired) electrons. The van der Waals surface area contributed by atoms with Gasteiger partial charge in [0.15, 0.2) is 0 Å². The molecule has 2 fully saturated rings. The third kappa shape index (κ3) is 6.13. The molecule has 0 aliphatic carbocycles. The van der Waals surface area contributed by atoms with E-state index in [2.05, 4.69) is 6.92 Å². The zero-order chi connectivity index (χ0) is 24.0. The van der Waals surface area contributed by atoms with E-state index in [-0.39, 0.29) is 23.8 Å². The van der Waals surface area contributed by atoms with Crippen LogP contribution in [0.3, 0.4) is 0 Å². The quantitative estimate of drug-likeness (QED) is 0.531. The molecule has 1 aromatic carbocycles. The van der Waals surface area contributed by atoms with Gasteiger partial charge in [-0.15, -0.1) is 0 Å². The molecule has 1 aromatic rings. The second-order valence-electron chi connectivity index (χ2n) is 8.89. The molecular weight excluding hydrogens is 442 g/mol. The highest BCUT2D eigenvalue weighted by Crippen LogP contribution is 2.22. The highest BCUT2D eigenvalue weighted by atomic mass is 32.2. The largest absolute Gasteiger partial charge is 0.466 e. The van der Waals surface area contributed by atoms with Crippen LogP contribution in [0.15, 0.2) is 29.2 Å². The molecule has 2 unspecified atom stereocenters. The summed E-state index contributed by atoms with van der Waals surface area (Å²) in [6.07, 6.45) is 3.48. The van der Waals surface area contributed by atoms with Gasteiger partial charge in [-0.1, -0.05) is 25.5 Å². The summed E-state index contributed by atoms with van der Waals surface area (Å²) in [7, 11) is -3.55. The summed E-state index contributed by atoms with van der Waals surface area (Å²) in [6.45, 7) is 8.82. The van der Waals surface area contributed by atoms with Crippen LogP contribution in [0.1, 0.15) is 45.6 Å². The van der Waals surface area contributed by atoms with Crippen molar-refractivity contribution in [3.8, 4) is 0 Å². The topological polar surface area (TPSA) is 87.2 Å². The van der Waals surface area contributed by atoms with E-state index in [1.165, 1.54) is 4.31 Å². The SMILES string of the molecule is CCCc1ccc(S(=O)(=O)N2CCN(C(C)C(=O)N3CCCC(C(=O)OCC)C3)CC2)cc1. The highest BCUT2D eigenvalue weighted by Gasteiger charge is 2.35. The van der Waals surface area contributed by atoms with Gasteiger partial charge in [0, 0.05) is 39.3 Å². The van der Waals surface area contributed by atoms with Gasteiger partial charge in [0.25, 0.3) is 0 Å². The first-order chi connectivity index (χ1) is 15.8. The molecule has 0 saturated carbocycles. The second kappa shape index (κ2) is 11.4. The maximum atomic E-state index is 13.1. The minimum absolute atomic E-state index is 0.00758. The third-order valence-electron chi connectivity index (χ3n) is 6.63. The molecule has 0 aromatic heterocycles. The van der Waals surface area contributed by atoms with Gasteiger partial charge in [0.1, 0.15) is 0 Å². The Kier molecular flexibility index (Phi) is 8.89. The Morgan fingerprint density at radius 2 is 1.73 bits per heavy atom. The van der Waals surface area contributed by atoms with Crippen LogP contribution in [0.5, 0.6) is 0 Å². The maximum Gasteiger partial charge on any atom is 0.310 e. The van der Waals surface area contributed by atoms with Crippen LogP contribution >= 0.6 is 0 Å². The number of carbonyl (C=O) groups excluding carboxylic acids is 2. The fourth-order valence-corrected chi connectivity index (χ4v) is 6.07. The Balaban J connectivity index is 1.56. The summed E-state index contributed by atoms with van der Waals surface area (Å²) >= 11 is 0. The molecule has 2 atom stereocenters. The van der Waals surface area contributed by atoms with E-state index in [4.69, 9.17) is 4.74 Å². The van der Waals surface area contributed by atoms with Crippen LogP contribution in [0.25, 0.3) is 0 Å². The van der Waals surface area contributed by atoms with Gasteiger partial charge in [0.05, 0.1) is 23.5 Å². The van der Waals surface area contributed by atoms with Crippen molar-refractivity contribution < 1.29 is 22.7 Å². The molecule has 0 spiro atoms. The van der Waals surface area contributed by atoms with Crippen LogP contribution < -0.4 is 0 Å². The summed E-state index contributed by atoms with van der Waals surface area (Å²) in [5, 5.41) is 0. The second-order valence-corrected chi connectivity index (χ2v) is 10.8. The van der Waals surface area contributed by atoms with Crippen molar-refractivity contribution in [1.29, 1.82) is 0 Å². The standard InChI is InChI=1S/C24H37N3O5S/c1-4-7-20-9-11-22(12-10-20)33(30,31)27-16-14-25(15-17-27)19(3)23(28)26-13-6-8-21(18-26)24(29)32-5-2/h9-12,19,21H,4-8,13-18H2,1-3H3. The van der Waals surface area contributed by atoms with Gasteiger partial charge in [-0.3, -0.25) is 14.5 Å². The van der Waals surface area contributed by atoms with E-state index in [1.807, 2.05) is 24.0 Å². The van der Waals surface area contributed by atoms with Gasteiger partial charge in [-0.2, -0.15) is 4.31 Å². The third-order valence-corrected chi connectivity index (χ3v) is 8.54. The molecule has 2 aliphatic heterocycles. The van der Waals surface area contributed by atoms with Crippen molar-refractivity contribution in [2.24, 2.45) is 5.92 Å². The smallest absolute Gasteiger partial charge is 0.310 e. The van der Waals surface area contributed by atoms with E-state index in [0.717, 1.165) is 31.2 Å². The van der Waals surface area contributed by atoms with Crippen LogP contribution in [0.4, 0.5) is 0 Å². The molecule has 2 saturated heterocycles. The molecule has 184 valence electrons. The lowest BCUT2D eigenvalue weighted by Crippen LogP contribution is -2.56. The van der Waals surface area contributed by atoms with Gasteiger partial charge in [0.2, 0.25) is 15.9 Å². The van der Waals surface area contributed by atoms with E-state index in [1.54, 1.807) is 24.0 Å². The normalized spacial score (nSPS) is 21.5. The Hall–Kier alpha value is -1.97.